The van der Waals surface area contributed by atoms with Crippen LogP contribution in [-0.2, 0) is 17.8 Å². The molecule has 0 saturated carbocycles. The fourth-order valence-electron chi connectivity index (χ4n) is 5.54. The zero-order chi connectivity index (χ0) is 23.9. The van der Waals surface area contributed by atoms with E-state index in [-0.39, 0.29) is 12.2 Å². The number of anilines is 2. The zero-order valence-electron chi connectivity index (χ0n) is 19.8. The van der Waals surface area contributed by atoms with Gasteiger partial charge in [-0.2, -0.15) is 10.4 Å². The molecule has 10 heteroatoms. The molecule has 35 heavy (non-hydrogen) atoms. The van der Waals surface area contributed by atoms with Crippen molar-refractivity contribution in [1.29, 1.82) is 5.26 Å². The third-order valence-corrected chi connectivity index (χ3v) is 7.23. The van der Waals surface area contributed by atoms with Crippen LogP contribution in [0.25, 0.3) is 5.52 Å². The molecular weight excluding hydrogens is 447 g/mol. The number of morpholine rings is 1. The van der Waals surface area contributed by atoms with Crippen LogP contribution in [-0.4, -0.2) is 77.5 Å². The molecule has 2 fully saturated rings. The highest BCUT2D eigenvalue weighted by molar-refractivity contribution is 5.74. The summed E-state index contributed by atoms with van der Waals surface area (Å²) in [6.45, 7) is 9.81. The lowest BCUT2D eigenvalue weighted by Gasteiger charge is -2.42. The Hall–Kier alpha value is -3.26. The van der Waals surface area contributed by atoms with Crippen LogP contribution in [0, 0.1) is 17.1 Å². The van der Waals surface area contributed by atoms with E-state index in [1.807, 2.05) is 12.3 Å². The fourth-order valence-corrected chi connectivity index (χ4v) is 5.54. The second kappa shape index (κ2) is 9.07. The molecule has 0 bridgehead atoms. The van der Waals surface area contributed by atoms with Gasteiger partial charge in [0, 0.05) is 58.9 Å². The van der Waals surface area contributed by atoms with Gasteiger partial charge in [0.2, 0.25) is 0 Å². The minimum atomic E-state index is -0.416. The van der Waals surface area contributed by atoms with Gasteiger partial charge in [0.1, 0.15) is 17.3 Å². The van der Waals surface area contributed by atoms with Crippen LogP contribution in [0.15, 0.2) is 30.6 Å². The normalized spacial score (nSPS) is 23.0. The third kappa shape index (κ3) is 4.20. The minimum Gasteiger partial charge on any atom is -0.370 e. The first-order valence-electron chi connectivity index (χ1n) is 12.2. The van der Waals surface area contributed by atoms with Gasteiger partial charge in [-0.3, -0.25) is 9.88 Å². The average Bonchev–Trinajstić information content (AvgIpc) is 3.50. The number of nitriles is 1. The number of ether oxygens (including phenoxy) is 1. The Morgan fingerprint density at radius 2 is 2.00 bits per heavy atom. The Labute approximate surface area is 203 Å². The Bertz CT molecular complexity index is 1280. The highest BCUT2D eigenvalue weighted by atomic mass is 19.1. The summed E-state index contributed by atoms with van der Waals surface area (Å²) in [5.74, 6) is -0.416. The number of piperazine rings is 1. The second-order valence-electron chi connectivity index (χ2n) is 9.63. The van der Waals surface area contributed by atoms with Crippen molar-refractivity contribution in [1.82, 2.24) is 24.8 Å². The monoisotopic (exact) mass is 476 g/mol. The number of hydrogen-bond acceptors (Lipinski definition) is 8. The van der Waals surface area contributed by atoms with Crippen LogP contribution in [0.4, 0.5) is 15.8 Å². The summed E-state index contributed by atoms with van der Waals surface area (Å²) in [5.41, 5.74) is 5.09. The van der Waals surface area contributed by atoms with Gasteiger partial charge in [0.25, 0.3) is 0 Å². The van der Waals surface area contributed by atoms with E-state index >= 15 is 0 Å². The molecule has 0 aromatic carbocycles. The standard InChI is InChI=1S/C25H29FN8O/c1-17-14-33(24-3-2-19(9-27)34-25(24)22(26)12-30-34)16-21(35-17)15-31-4-6-32(7-5-31)20-8-18-10-28-13-23(18)29-11-20/h2-3,8,11-12,17,21,28H,4-7,10,13-16H2,1H3/t17-,21+/m1/s1. The van der Waals surface area contributed by atoms with Gasteiger partial charge in [-0.15, -0.1) is 0 Å². The Balaban J connectivity index is 1.12. The number of halogens is 1. The molecule has 1 N–H and O–H groups in total. The Kier molecular flexibility index (Phi) is 5.76. The van der Waals surface area contributed by atoms with Crippen molar-refractivity contribution in [3.8, 4) is 6.07 Å². The van der Waals surface area contributed by atoms with E-state index in [0.717, 1.165) is 57.2 Å². The lowest BCUT2D eigenvalue weighted by molar-refractivity contribution is -0.0327. The molecule has 3 aromatic rings. The molecule has 3 aromatic heterocycles. The highest BCUT2D eigenvalue weighted by Crippen LogP contribution is 2.29. The Morgan fingerprint density at radius 1 is 1.14 bits per heavy atom. The van der Waals surface area contributed by atoms with Crippen LogP contribution in [0.5, 0.6) is 0 Å². The minimum absolute atomic E-state index is 0.0136. The molecule has 6 heterocycles. The molecule has 2 saturated heterocycles. The number of pyridine rings is 2. The van der Waals surface area contributed by atoms with Gasteiger partial charge < -0.3 is 19.9 Å². The second-order valence-corrected chi connectivity index (χ2v) is 9.63. The number of hydrogen-bond donors (Lipinski definition) is 1. The summed E-state index contributed by atoms with van der Waals surface area (Å²) in [7, 11) is 0. The van der Waals surface area contributed by atoms with E-state index in [2.05, 4.69) is 49.2 Å². The van der Waals surface area contributed by atoms with E-state index in [0.29, 0.717) is 24.3 Å². The summed E-state index contributed by atoms with van der Waals surface area (Å²) < 4.78 is 22.3. The van der Waals surface area contributed by atoms with Gasteiger partial charge in [-0.25, -0.2) is 8.91 Å². The first-order valence-corrected chi connectivity index (χ1v) is 12.2. The average molecular weight is 477 g/mol. The molecular formula is C25H29FN8O. The maximum Gasteiger partial charge on any atom is 0.171 e. The summed E-state index contributed by atoms with van der Waals surface area (Å²) in [4.78, 5) is 11.7. The van der Waals surface area contributed by atoms with Gasteiger partial charge in [-0.1, -0.05) is 0 Å². The molecule has 0 radical (unpaired) electrons. The Morgan fingerprint density at radius 3 is 2.83 bits per heavy atom. The first kappa shape index (κ1) is 22.2. The van der Waals surface area contributed by atoms with Gasteiger partial charge in [0.15, 0.2) is 5.82 Å². The van der Waals surface area contributed by atoms with Crippen molar-refractivity contribution in [2.24, 2.45) is 0 Å². The van der Waals surface area contributed by atoms with Crippen molar-refractivity contribution in [2.45, 2.75) is 32.2 Å². The molecule has 182 valence electrons. The van der Waals surface area contributed by atoms with Crippen LogP contribution in [0.2, 0.25) is 0 Å². The molecule has 0 amide bonds. The molecule has 6 rings (SSSR count). The lowest BCUT2D eigenvalue weighted by atomic mass is 10.1. The number of nitrogens with zero attached hydrogens (tertiary/aromatic N) is 7. The summed E-state index contributed by atoms with van der Waals surface area (Å²) in [5, 5.41) is 16.8. The van der Waals surface area contributed by atoms with E-state index < -0.39 is 5.82 Å². The summed E-state index contributed by atoms with van der Waals surface area (Å²) in [6, 6.07) is 7.89. The fraction of sp³-hybridized carbons (Fsp3) is 0.480. The molecule has 0 aliphatic carbocycles. The number of nitrogens with one attached hydrogen (secondary N) is 1. The van der Waals surface area contributed by atoms with Crippen LogP contribution < -0.4 is 15.1 Å². The van der Waals surface area contributed by atoms with Gasteiger partial charge in [0.05, 0.1) is 41.7 Å². The lowest BCUT2D eigenvalue weighted by Crippen LogP contribution is -2.54. The van der Waals surface area contributed by atoms with Crippen molar-refractivity contribution >= 4 is 16.9 Å². The van der Waals surface area contributed by atoms with E-state index in [4.69, 9.17) is 4.74 Å². The number of aromatic nitrogens is 3. The van der Waals surface area contributed by atoms with E-state index in [9.17, 15) is 9.65 Å². The molecule has 3 aliphatic heterocycles. The maximum atomic E-state index is 14.6. The third-order valence-electron chi connectivity index (χ3n) is 7.23. The predicted octanol–water partition coefficient (Wildman–Crippen LogP) is 1.76. The van der Waals surface area contributed by atoms with Crippen LogP contribution in [0.3, 0.4) is 0 Å². The summed E-state index contributed by atoms with van der Waals surface area (Å²) >= 11 is 0. The largest absolute Gasteiger partial charge is 0.370 e. The quantitative estimate of drug-likeness (QED) is 0.610. The van der Waals surface area contributed by atoms with Crippen LogP contribution >= 0.6 is 0 Å². The van der Waals surface area contributed by atoms with Gasteiger partial charge >= 0.3 is 0 Å². The van der Waals surface area contributed by atoms with Gasteiger partial charge in [-0.05, 0) is 30.7 Å². The van der Waals surface area contributed by atoms with E-state index in [1.54, 1.807) is 6.07 Å². The van der Waals surface area contributed by atoms with Crippen molar-refractivity contribution in [3.05, 3.63) is 53.4 Å². The number of rotatable bonds is 4. The predicted molar refractivity (Wildman–Crippen MR) is 130 cm³/mol. The molecule has 0 unspecified atom stereocenters. The van der Waals surface area contributed by atoms with Crippen molar-refractivity contribution in [2.75, 3.05) is 55.6 Å². The van der Waals surface area contributed by atoms with Crippen molar-refractivity contribution < 1.29 is 9.13 Å². The molecule has 2 atom stereocenters. The van der Waals surface area contributed by atoms with Crippen molar-refractivity contribution in [3.63, 3.8) is 0 Å². The molecule has 3 aliphatic rings. The molecule has 9 nitrogen and oxygen atoms in total. The topological polar surface area (TPSA) is 85.0 Å². The maximum absolute atomic E-state index is 14.6. The zero-order valence-corrected chi connectivity index (χ0v) is 19.8. The first-order chi connectivity index (χ1) is 17.1. The SMILES string of the molecule is C[C@@H]1CN(c2ccc(C#N)n3ncc(F)c23)C[C@H](CN2CCN(c3cnc4c(c3)CNC4)CC2)O1. The highest BCUT2D eigenvalue weighted by Gasteiger charge is 2.30. The molecule has 0 spiro atoms. The number of fused-ring (bicyclic) bond motifs is 2. The summed E-state index contributed by atoms with van der Waals surface area (Å²) in [6.07, 6.45) is 3.20. The van der Waals surface area contributed by atoms with Crippen LogP contribution in [0.1, 0.15) is 23.9 Å². The smallest absolute Gasteiger partial charge is 0.171 e. The van der Waals surface area contributed by atoms with E-state index in [1.165, 1.54) is 22.0 Å².